The van der Waals surface area contributed by atoms with Gasteiger partial charge >= 0.3 is 0 Å². The van der Waals surface area contributed by atoms with Crippen molar-refractivity contribution < 1.29 is 14.9 Å². The van der Waals surface area contributed by atoms with Crippen LogP contribution in [0.1, 0.15) is 34.8 Å². The lowest BCUT2D eigenvalue weighted by atomic mass is 9.77. The van der Waals surface area contributed by atoms with Crippen molar-refractivity contribution in [3.63, 3.8) is 0 Å². The summed E-state index contributed by atoms with van der Waals surface area (Å²) in [5, 5.41) is 22.2. The minimum atomic E-state index is -1.44. The summed E-state index contributed by atoms with van der Waals surface area (Å²) in [6.45, 7) is 3.87. The molecule has 0 aromatic heterocycles. The van der Waals surface area contributed by atoms with Gasteiger partial charge in [-0.1, -0.05) is 60.1 Å². The molecule has 4 atom stereocenters. The fourth-order valence-electron chi connectivity index (χ4n) is 3.37. The van der Waals surface area contributed by atoms with Crippen LogP contribution in [0.15, 0.2) is 48.5 Å². The lowest BCUT2D eigenvalue weighted by Gasteiger charge is -2.45. The van der Waals surface area contributed by atoms with Crippen molar-refractivity contribution in [2.45, 2.75) is 43.6 Å². The van der Waals surface area contributed by atoms with Gasteiger partial charge in [0.1, 0.15) is 23.4 Å². The van der Waals surface area contributed by atoms with E-state index in [1.807, 2.05) is 62.4 Å². The van der Waals surface area contributed by atoms with Crippen molar-refractivity contribution in [1.29, 1.82) is 0 Å². The van der Waals surface area contributed by atoms with Crippen LogP contribution in [-0.4, -0.2) is 21.9 Å². The molecular formula is C19H21ClO3. The Kier molecular flexibility index (Phi) is 4.47. The number of halogens is 1. The molecule has 0 bridgehead atoms. The van der Waals surface area contributed by atoms with E-state index in [2.05, 4.69) is 0 Å². The van der Waals surface area contributed by atoms with Gasteiger partial charge in [-0.3, -0.25) is 0 Å². The second kappa shape index (κ2) is 6.25. The molecule has 0 aliphatic carbocycles. The first-order valence-corrected chi connectivity index (χ1v) is 8.19. The van der Waals surface area contributed by atoms with Crippen LogP contribution in [0.4, 0.5) is 0 Å². The molecule has 2 aromatic rings. The quantitative estimate of drug-likeness (QED) is 0.826. The third-order valence-electron chi connectivity index (χ3n) is 4.65. The summed E-state index contributed by atoms with van der Waals surface area (Å²) in [5.41, 5.74) is 1.34. The summed E-state index contributed by atoms with van der Waals surface area (Å²) >= 11 is 6.27. The Morgan fingerprint density at radius 2 is 1.65 bits per heavy atom. The lowest BCUT2D eigenvalue weighted by molar-refractivity contribution is -0.207. The number of rotatable bonds is 2. The van der Waals surface area contributed by atoms with Crippen LogP contribution in [0.2, 0.25) is 0 Å². The van der Waals surface area contributed by atoms with Gasteiger partial charge in [-0.05, 0) is 36.1 Å². The Morgan fingerprint density at radius 3 is 2.30 bits per heavy atom. The topological polar surface area (TPSA) is 49.7 Å². The summed E-state index contributed by atoms with van der Waals surface area (Å²) in [6, 6.07) is 15.2. The highest BCUT2D eigenvalue weighted by Gasteiger charge is 2.50. The Bertz CT molecular complexity index is 703. The number of aliphatic hydroxyl groups excluding tert-OH is 1. The molecule has 23 heavy (non-hydrogen) atoms. The van der Waals surface area contributed by atoms with Crippen molar-refractivity contribution in [2.75, 3.05) is 0 Å². The summed E-state index contributed by atoms with van der Waals surface area (Å²) < 4.78 is 5.78. The fraction of sp³-hybridized carbons (Fsp3) is 0.368. The molecule has 0 spiro atoms. The van der Waals surface area contributed by atoms with Crippen LogP contribution < -0.4 is 0 Å². The molecule has 3 rings (SSSR count). The number of alkyl halides is 1. The number of aryl methyl sites for hydroxylation is 2. The summed E-state index contributed by atoms with van der Waals surface area (Å²) in [6.07, 6.45) is -1.63. The Labute approximate surface area is 141 Å². The minimum absolute atomic E-state index is 0.142. The molecule has 1 heterocycles. The van der Waals surface area contributed by atoms with Gasteiger partial charge in [0.25, 0.3) is 0 Å². The van der Waals surface area contributed by atoms with Gasteiger partial charge < -0.3 is 14.9 Å². The largest absolute Gasteiger partial charge is 0.387 e. The number of hydrogen-bond acceptors (Lipinski definition) is 3. The first kappa shape index (κ1) is 16.5. The zero-order chi connectivity index (χ0) is 16.6. The number of aliphatic hydroxyl groups is 2. The molecule has 2 N–H and O–H groups in total. The van der Waals surface area contributed by atoms with Crippen molar-refractivity contribution in [3.05, 3.63) is 70.8 Å². The molecule has 1 saturated heterocycles. The van der Waals surface area contributed by atoms with Crippen LogP contribution in [-0.2, 0) is 10.3 Å². The maximum atomic E-state index is 11.3. The third kappa shape index (κ3) is 2.90. The van der Waals surface area contributed by atoms with E-state index in [4.69, 9.17) is 16.3 Å². The van der Waals surface area contributed by atoms with Crippen LogP contribution >= 0.6 is 11.6 Å². The predicted octanol–water partition coefficient (Wildman–Crippen LogP) is 3.58. The lowest BCUT2D eigenvalue weighted by Crippen LogP contribution is -2.51. The molecule has 1 fully saturated rings. The zero-order valence-corrected chi connectivity index (χ0v) is 14.0. The molecule has 0 saturated carbocycles. The SMILES string of the molecule is Cc1ccccc1C1O[C@H](Cl)C[C@@](O)(c2ccccc2C)[C@@H]1O. The van der Waals surface area contributed by atoms with Gasteiger partial charge in [-0.15, -0.1) is 0 Å². The highest BCUT2D eigenvalue weighted by molar-refractivity contribution is 6.19. The van der Waals surface area contributed by atoms with E-state index >= 15 is 0 Å². The Morgan fingerprint density at radius 1 is 1.04 bits per heavy atom. The van der Waals surface area contributed by atoms with Crippen LogP contribution in [0, 0.1) is 13.8 Å². The normalized spacial score (nSPS) is 31.1. The maximum Gasteiger partial charge on any atom is 0.135 e. The van der Waals surface area contributed by atoms with E-state index in [1.54, 1.807) is 0 Å². The summed E-state index contributed by atoms with van der Waals surface area (Å²) in [4.78, 5) is 0. The number of benzene rings is 2. The first-order chi connectivity index (χ1) is 10.9. The van der Waals surface area contributed by atoms with Crippen LogP contribution in [0.5, 0.6) is 0 Å². The molecule has 3 nitrogen and oxygen atoms in total. The molecule has 0 radical (unpaired) electrons. The fourth-order valence-corrected chi connectivity index (χ4v) is 3.72. The molecule has 0 amide bonds. The van der Waals surface area contributed by atoms with Crippen molar-refractivity contribution in [2.24, 2.45) is 0 Å². The van der Waals surface area contributed by atoms with Crippen LogP contribution in [0.25, 0.3) is 0 Å². The second-order valence-electron chi connectivity index (χ2n) is 6.21. The standard InChI is InChI=1S/C19H21ClO3/c1-12-7-3-5-9-14(12)17-18(21)19(22,11-16(20)23-17)15-10-6-4-8-13(15)2/h3-10,16-18,21-22H,11H2,1-2H3/t16-,17?,18+,19+/m0/s1. The van der Waals surface area contributed by atoms with Crippen LogP contribution in [0.3, 0.4) is 0 Å². The summed E-state index contributed by atoms with van der Waals surface area (Å²) in [5.74, 6) is 0. The third-order valence-corrected chi connectivity index (χ3v) is 4.91. The first-order valence-electron chi connectivity index (χ1n) is 7.75. The molecular weight excluding hydrogens is 312 g/mol. The second-order valence-corrected chi connectivity index (χ2v) is 6.70. The van der Waals surface area contributed by atoms with Gasteiger partial charge in [-0.25, -0.2) is 0 Å². The van der Waals surface area contributed by atoms with Crippen molar-refractivity contribution in [1.82, 2.24) is 0 Å². The molecule has 1 unspecified atom stereocenters. The van der Waals surface area contributed by atoms with Gasteiger partial charge in [0.15, 0.2) is 0 Å². The van der Waals surface area contributed by atoms with E-state index in [0.717, 1.165) is 16.7 Å². The molecule has 4 heteroatoms. The van der Waals surface area contributed by atoms with E-state index < -0.39 is 23.4 Å². The minimum Gasteiger partial charge on any atom is -0.387 e. The highest BCUT2D eigenvalue weighted by atomic mass is 35.5. The maximum absolute atomic E-state index is 11.3. The van der Waals surface area contributed by atoms with Crippen molar-refractivity contribution in [3.8, 4) is 0 Å². The average Bonchev–Trinajstić information content (AvgIpc) is 2.52. The van der Waals surface area contributed by atoms with Crippen molar-refractivity contribution >= 4 is 11.6 Å². The number of hydrogen-bond donors (Lipinski definition) is 2. The highest BCUT2D eigenvalue weighted by Crippen LogP contribution is 2.45. The average molecular weight is 333 g/mol. The smallest absolute Gasteiger partial charge is 0.135 e. The van der Waals surface area contributed by atoms with E-state index in [-0.39, 0.29) is 6.42 Å². The number of ether oxygens (including phenoxy) is 1. The predicted molar refractivity (Wildman–Crippen MR) is 90.3 cm³/mol. The Balaban J connectivity index is 2.06. The van der Waals surface area contributed by atoms with Gasteiger partial charge in [0.05, 0.1) is 0 Å². The molecule has 1 aliphatic heterocycles. The molecule has 122 valence electrons. The zero-order valence-electron chi connectivity index (χ0n) is 13.2. The monoisotopic (exact) mass is 332 g/mol. The van der Waals surface area contributed by atoms with E-state index in [1.165, 1.54) is 0 Å². The van der Waals surface area contributed by atoms with Gasteiger partial charge in [0.2, 0.25) is 0 Å². The van der Waals surface area contributed by atoms with Gasteiger partial charge in [0, 0.05) is 6.42 Å². The molecule has 2 aromatic carbocycles. The van der Waals surface area contributed by atoms with E-state index in [9.17, 15) is 10.2 Å². The molecule has 1 aliphatic rings. The van der Waals surface area contributed by atoms with Gasteiger partial charge in [-0.2, -0.15) is 0 Å². The summed E-state index contributed by atoms with van der Waals surface area (Å²) in [7, 11) is 0. The Hall–Kier alpha value is -1.39. The van der Waals surface area contributed by atoms with E-state index in [0.29, 0.717) is 5.56 Å².